The van der Waals surface area contributed by atoms with Gasteiger partial charge < -0.3 is 13.9 Å². The van der Waals surface area contributed by atoms with Gasteiger partial charge in [-0.1, -0.05) is 141 Å². The Kier molecular flexibility index (Phi) is 33.3. The maximum absolute atomic E-state index is 11.9. The van der Waals surface area contributed by atoms with E-state index in [1.54, 1.807) is 0 Å². The van der Waals surface area contributed by atoms with Crippen molar-refractivity contribution in [2.75, 3.05) is 0 Å². The van der Waals surface area contributed by atoms with Crippen LogP contribution in [0, 0.1) is 0 Å². The molecule has 0 unspecified atom stereocenters. The lowest BCUT2D eigenvalue weighted by Crippen LogP contribution is -2.06. The topological polar surface area (TPSA) is 72.8 Å². The second-order valence-electron chi connectivity index (χ2n) is 11.8. The molecule has 0 aliphatic heterocycles. The normalized spacial score (nSPS) is 11.7. The van der Waals surface area contributed by atoms with Crippen molar-refractivity contribution in [3.63, 3.8) is 0 Å². The summed E-state index contributed by atoms with van der Waals surface area (Å²) in [4.78, 5) is 33.6. The largest absolute Gasteiger partial charge is 0.464 e. The third kappa shape index (κ3) is 33.3. The highest BCUT2D eigenvalue weighted by molar-refractivity contribution is 7.41. The highest BCUT2D eigenvalue weighted by Gasteiger charge is 2.18. The lowest BCUT2D eigenvalue weighted by molar-refractivity contribution is -0.138. The van der Waals surface area contributed by atoms with Crippen molar-refractivity contribution in [2.45, 2.75) is 194 Å². The Morgan fingerprint density at radius 3 is 1.02 bits per heavy atom. The van der Waals surface area contributed by atoms with Gasteiger partial charge in [-0.15, -0.1) is 0 Å². The highest BCUT2D eigenvalue weighted by Crippen LogP contribution is 2.34. The van der Waals surface area contributed by atoms with Gasteiger partial charge in [-0.05, 0) is 64.2 Å². The Morgan fingerprint density at radius 2 is 0.714 bits per heavy atom. The minimum absolute atomic E-state index is 0.253. The van der Waals surface area contributed by atoms with Crippen molar-refractivity contribution in [1.29, 1.82) is 0 Å². The van der Waals surface area contributed by atoms with Crippen molar-refractivity contribution in [3.05, 3.63) is 24.3 Å². The molecule has 246 valence electrons. The van der Waals surface area contributed by atoms with Gasteiger partial charge in [-0.3, -0.25) is 9.59 Å². The molecule has 6 heteroatoms. The molecule has 0 aromatic heterocycles. The average Bonchev–Trinajstić information content (AvgIpc) is 2.97. The molecule has 0 saturated heterocycles. The maximum atomic E-state index is 11.9. The Hall–Kier alpha value is -1.19. The van der Waals surface area contributed by atoms with Gasteiger partial charge in [0.2, 0.25) is 0 Å². The van der Waals surface area contributed by atoms with E-state index in [0.717, 1.165) is 64.2 Å². The number of carbonyl (C=O) groups is 2. The first-order valence-corrected chi connectivity index (χ1v) is 18.9. The Bertz CT molecular complexity index is 595. The Balaban J connectivity index is 3.48. The fourth-order valence-corrected chi connectivity index (χ4v) is 5.53. The van der Waals surface area contributed by atoms with E-state index in [9.17, 15) is 14.5 Å². The van der Waals surface area contributed by atoms with Crippen LogP contribution in [0.1, 0.15) is 194 Å². The second kappa shape index (κ2) is 34.3. The number of rotatable bonds is 32. The predicted octanol–water partition coefficient (Wildman–Crippen LogP) is 12.4. The molecular weight excluding hydrogens is 543 g/mol. The van der Waals surface area contributed by atoms with Crippen LogP contribution in [0.2, 0.25) is 0 Å². The zero-order chi connectivity index (χ0) is 30.8. The van der Waals surface area contributed by atoms with Crippen LogP contribution in [0.25, 0.3) is 0 Å². The number of allylic oxidation sites excluding steroid dienone is 4. The van der Waals surface area contributed by atoms with E-state index in [-0.39, 0.29) is 12.8 Å². The third-order valence-electron chi connectivity index (χ3n) is 7.65. The van der Waals surface area contributed by atoms with Gasteiger partial charge in [-0.25, -0.2) is 0 Å². The van der Waals surface area contributed by atoms with Crippen LogP contribution in [0.3, 0.4) is 0 Å². The van der Waals surface area contributed by atoms with Gasteiger partial charge in [-0.2, -0.15) is 0 Å². The maximum Gasteiger partial charge on any atom is 0.464 e. The second-order valence-corrected chi connectivity index (χ2v) is 12.7. The molecule has 1 N–H and O–H groups in total. The van der Waals surface area contributed by atoms with Crippen molar-refractivity contribution in [2.24, 2.45) is 0 Å². The van der Waals surface area contributed by atoms with Crippen LogP contribution in [-0.4, -0.2) is 16.8 Å². The van der Waals surface area contributed by atoms with Gasteiger partial charge in [0.15, 0.2) is 0 Å². The third-order valence-corrected chi connectivity index (χ3v) is 8.36. The fourth-order valence-electron chi connectivity index (χ4n) is 4.96. The van der Waals surface area contributed by atoms with Crippen LogP contribution in [0.15, 0.2) is 24.3 Å². The zero-order valence-electron chi connectivity index (χ0n) is 27.6. The Morgan fingerprint density at radius 1 is 0.452 bits per heavy atom. The summed E-state index contributed by atoms with van der Waals surface area (Å²) in [5, 5.41) is 0. The lowest BCUT2D eigenvalue weighted by Gasteiger charge is -2.10. The summed E-state index contributed by atoms with van der Waals surface area (Å²) >= 11 is 0. The van der Waals surface area contributed by atoms with E-state index < -0.39 is 20.5 Å². The van der Waals surface area contributed by atoms with E-state index >= 15 is 0 Å². The van der Waals surface area contributed by atoms with Gasteiger partial charge in [0.05, 0.1) is 0 Å². The molecule has 0 bridgehead atoms. The van der Waals surface area contributed by atoms with Gasteiger partial charge in [0.1, 0.15) is 0 Å². The minimum Gasteiger partial charge on any atom is -0.385 e. The summed E-state index contributed by atoms with van der Waals surface area (Å²) < 4.78 is 9.78. The van der Waals surface area contributed by atoms with Crippen molar-refractivity contribution >= 4 is 20.5 Å². The van der Waals surface area contributed by atoms with Crippen LogP contribution in [0.5, 0.6) is 0 Å². The van der Waals surface area contributed by atoms with Gasteiger partial charge in [0, 0.05) is 12.8 Å². The standard InChI is InChI=1S/C36H67O5P/c1-3-5-7-9-11-13-15-17-19-21-23-25-27-29-31-33-35(37)40-42(39)41-36(38)34-32-30-28-26-24-22-20-18-16-14-12-10-8-6-4-2/h17-20,39H,3-16,21-34H2,1-2H3/b19-17-,20-18-. The molecule has 0 atom stereocenters. The molecule has 0 fully saturated rings. The highest BCUT2D eigenvalue weighted by atomic mass is 31.2. The quantitative estimate of drug-likeness (QED) is 0.0466. The zero-order valence-corrected chi connectivity index (χ0v) is 28.5. The molecule has 0 aromatic carbocycles. The first-order chi connectivity index (χ1) is 20.6. The molecule has 0 spiro atoms. The van der Waals surface area contributed by atoms with Crippen LogP contribution in [-0.2, 0) is 18.6 Å². The SMILES string of the molecule is CCCCCCCC/C=C\CCCCCCCC(=O)OP(O)OC(=O)CCCCCCC/C=C\CCCCCCCC. The van der Waals surface area contributed by atoms with E-state index in [1.165, 1.54) is 103 Å². The average molecular weight is 611 g/mol. The number of hydrogen-bond acceptors (Lipinski definition) is 5. The van der Waals surface area contributed by atoms with Crippen LogP contribution in [0.4, 0.5) is 0 Å². The first kappa shape index (κ1) is 40.8. The van der Waals surface area contributed by atoms with Gasteiger partial charge in [0.25, 0.3) is 0 Å². The van der Waals surface area contributed by atoms with E-state index in [4.69, 9.17) is 9.05 Å². The van der Waals surface area contributed by atoms with Crippen molar-refractivity contribution in [1.82, 2.24) is 0 Å². The molecule has 0 heterocycles. The molecule has 0 saturated carbocycles. The first-order valence-electron chi connectivity index (χ1n) is 17.8. The van der Waals surface area contributed by atoms with Crippen LogP contribution >= 0.6 is 8.60 Å². The summed E-state index contributed by atoms with van der Waals surface area (Å²) in [6, 6.07) is 0. The number of unbranched alkanes of at least 4 members (excludes halogenated alkanes) is 22. The molecular formula is C36H67O5P. The minimum atomic E-state index is -2.46. The molecule has 0 aromatic rings. The summed E-state index contributed by atoms with van der Waals surface area (Å²) in [7, 11) is -2.46. The monoisotopic (exact) mass is 610 g/mol. The molecule has 42 heavy (non-hydrogen) atoms. The summed E-state index contributed by atoms with van der Waals surface area (Å²) in [5.74, 6) is -0.981. The molecule has 0 aliphatic rings. The smallest absolute Gasteiger partial charge is 0.385 e. The predicted molar refractivity (Wildman–Crippen MR) is 180 cm³/mol. The molecule has 0 aliphatic carbocycles. The van der Waals surface area contributed by atoms with E-state index in [0.29, 0.717) is 0 Å². The fraction of sp³-hybridized carbons (Fsp3) is 0.833. The van der Waals surface area contributed by atoms with Gasteiger partial charge >= 0.3 is 20.5 Å². The van der Waals surface area contributed by atoms with E-state index in [1.807, 2.05) is 0 Å². The molecule has 5 nitrogen and oxygen atoms in total. The number of carbonyl (C=O) groups excluding carboxylic acids is 2. The van der Waals surface area contributed by atoms with E-state index in [2.05, 4.69) is 38.2 Å². The molecule has 0 rings (SSSR count). The lowest BCUT2D eigenvalue weighted by atomic mass is 10.1. The van der Waals surface area contributed by atoms with Crippen molar-refractivity contribution < 1.29 is 23.5 Å². The summed E-state index contributed by atoms with van der Waals surface area (Å²) in [6.45, 7) is 4.51. The molecule has 0 radical (unpaired) electrons. The molecule has 0 amide bonds. The number of hydrogen-bond donors (Lipinski definition) is 1. The van der Waals surface area contributed by atoms with Crippen molar-refractivity contribution in [3.8, 4) is 0 Å². The summed E-state index contributed by atoms with van der Waals surface area (Å²) in [5.41, 5.74) is 0. The summed E-state index contributed by atoms with van der Waals surface area (Å²) in [6.07, 6.45) is 40.9. The Labute approximate surface area is 261 Å². The van der Waals surface area contributed by atoms with Crippen LogP contribution < -0.4 is 0 Å².